The van der Waals surface area contributed by atoms with Crippen LogP contribution in [0.1, 0.15) is 16.8 Å². The molecule has 1 radical (unpaired) electrons. The van der Waals surface area contributed by atoms with Crippen molar-refractivity contribution in [1.82, 2.24) is 19.6 Å². The van der Waals surface area contributed by atoms with Crippen LogP contribution >= 0.6 is 23.2 Å². The zero-order valence-corrected chi connectivity index (χ0v) is 28.1. The number of benzene rings is 4. The molecule has 0 unspecified atom stereocenters. The van der Waals surface area contributed by atoms with Crippen LogP contribution in [0, 0.1) is 0 Å². The van der Waals surface area contributed by atoms with Gasteiger partial charge < -0.3 is 30.3 Å². The van der Waals surface area contributed by atoms with Gasteiger partial charge in [-0.25, -0.2) is 4.68 Å². The molecule has 2 heterocycles. The number of aliphatic hydroxyl groups excluding tert-OH is 1. The Balaban J connectivity index is 0.000000216. The number of phenols is 2. The summed E-state index contributed by atoms with van der Waals surface area (Å²) in [5.74, 6) is -0.0308. The summed E-state index contributed by atoms with van der Waals surface area (Å²) in [5.41, 5.74) is 2.78. The number of para-hydroxylation sites is 4. The minimum atomic E-state index is -0.365. The van der Waals surface area contributed by atoms with Crippen LogP contribution < -0.4 is 4.74 Å². The number of rotatable bonds is 8. The van der Waals surface area contributed by atoms with Crippen LogP contribution in [-0.2, 0) is 23.4 Å². The molecule has 0 saturated heterocycles. The summed E-state index contributed by atoms with van der Waals surface area (Å²) >= 11 is 11.7. The molecule has 0 aliphatic rings. The van der Waals surface area contributed by atoms with Gasteiger partial charge in [0.25, 0.3) is 0 Å². The summed E-state index contributed by atoms with van der Waals surface area (Å²) in [6, 6.07) is 26.8. The number of halogens is 2. The molecule has 2 aromatic heterocycles. The van der Waals surface area contributed by atoms with E-state index in [0.717, 1.165) is 0 Å². The van der Waals surface area contributed by atoms with Gasteiger partial charge in [0.1, 0.15) is 34.1 Å². The van der Waals surface area contributed by atoms with Crippen LogP contribution in [0.3, 0.4) is 0 Å². The van der Waals surface area contributed by atoms with E-state index >= 15 is 0 Å². The van der Waals surface area contributed by atoms with Crippen molar-refractivity contribution in [3.63, 3.8) is 0 Å². The third kappa shape index (κ3) is 8.59. The summed E-state index contributed by atoms with van der Waals surface area (Å²) in [6.45, 7) is -0.365. The number of ether oxygens (including phenoxy) is 1. The second kappa shape index (κ2) is 16.7. The molecule has 15 heteroatoms. The molecule has 0 spiro atoms. The van der Waals surface area contributed by atoms with E-state index in [-0.39, 0.29) is 63.8 Å². The smallest absolute Gasteiger partial charge is 0.245 e. The van der Waals surface area contributed by atoms with Crippen LogP contribution in [0.4, 0.5) is 11.4 Å². The summed E-state index contributed by atoms with van der Waals surface area (Å²) in [7, 11) is 1.45. The fourth-order valence-electron chi connectivity index (χ4n) is 4.32. The zero-order valence-electron chi connectivity index (χ0n) is 25.5. The quantitative estimate of drug-likeness (QED) is 0.105. The van der Waals surface area contributed by atoms with Gasteiger partial charge in [-0.1, -0.05) is 47.5 Å². The number of phenolic OH excluding ortho intramolecular Hbond substituents is 2. The van der Waals surface area contributed by atoms with Crippen molar-refractivity contribution in [3.8, 4) is 40.5 Å². The standard InChI is InChI=1S/2C17H14ClN3O3.Co/c1-24-16-13(10-19-14-4-2-3-5-15(14)22)17(23)21(20-16)12-8-6-11(18)7-9-12;18-11-5-7-12(8-6-11)21-17(24)13(15(10-22)20-21)9-19-14-3-1-2-4-16(14)23;/h2-10,22-23H,1H3;1-9,22-24H,10H2;. The zero-order chi connectivity index (χ0) is 34.2. The molecule has 0 bridgehead atoms. The maximum atomic E-state index is 10.4. The molecule has 0 fully saturated rings. The van der Waals surface area contributed by atoms with Gasteiger partial charge in [-0.05, 0) is 72.8 Å². The van der Waals surface area contributed by atoms with Crippen molar-refractivity contribution in [3.05, 3.63) is 124 Å². The van der Waals surface area contributed by atoms with Crippen molar-refractivity contribution in [2.75, 3.05) is 7.11 Å². The normalized spacial score (nSPS) is 10.9. The van der Waals surface area contributed by atoms with Gasteiger partial charge in [-0.2, -0.15) is 9.78 Å². The fourth-order valence-corrected chi connectivity index (χ4v) is 4.57. The van der Waals surface area contributed by atoms with Gasteiger partial charge in [-0.3, -0.25) is 9.98 Å². The summed E-state index contributed by atoms with van der Waals surface area (Å²) < 4.78 is 7.81. The van der Waals surface area contributed by atoms with E-state index in [4.69, 9.17) is 27.9 Å². The number of aromatic nitrogens is 4. The second-order valence-electron chi connectivity index (χ2n) is 9.86. The first kappa shape index (κ1) is 36.5. The average Bonchev–Trinajstić information content (AvgIpc) is 3.59. The Labute approximate surface area is 300 Å². The SMILES string of the molecule is COc1nn(-c2ccc(Cl)cc2)c(O)c1C=Nc1ccccc1O.OCc1nn(-c2ccc(Cl)cc2)c(O)c1C=Nc1ccccc1O.[Co]. The maximum absolute atomic E-state index is 10.4. The predicted octanol–water partition coefficient (Wildman–Crippen LogP) is 6.87. The first-order valence-electron chi connectivity index (χ1n) is 14.1. The van der Waals surface area contributed by atoms with Crippen LogP contribution in [0.15, 0.2) is 107 Å². The molecule has 6 rings (SSSR count). The average molecular weight is 746 g/mol. The summed E-state index contributed by atoms with van der Waals surface area (Å²) in [4.78, 5) is 8.32. The molecule has 0 saturated carbocycles. The number of aliphatic hydroxyl groups is 1. The van der Waals surface area contributed by atoms with Crippen molar-refractivity contribution < 1.29 is 47.0 Å². The van der Waals surface area contributed by atoms with Gasteiger partial charge in [-0.15, -0.1) is 5.10 Å². The maximum Gasteiger partial charge on any atom is 0.245 e. The molecule has 6 aromatic rings. The molecule has 0 atom stereocenters. The van der Waals surface area contributed by atoms with Crippen LogP contribution in [0.25, 0.3) is 11.4 Å². The summed E-state index contributed by atoms with van der Waals surface area (Å²) in [6.07, 6.45) is 2.75. The third-order valence-corrected chi connectivity index (χ3v) is 7.25. The Kier molecular flexibility index (Phi) is 12.4. The summed E-state index contributed by atoms with van der Waals surface area (Å²) in [5, 5.41) is 59.4. The molecule has 49 heavy (non-hydrogen) atoms. The van der Waals surface area contributed by atoms with Gasteiger partial charge in [0, 0.05) is 39.3 Å². The number of hydrogen-bond acceptors (Lipinski definition) is 10. The third-order valence-electron chi connectivity index (χ3n) is 6.75. The van der Waals surface area contributed by atoms with E-state index in [1.54, 1.807) is 84.9 Å². The van der Waals surface area contributed by atoms with Crippen molar-refractivity contribution in [1.29, 1.82) is 0 Å². The number of nitrogens with zero attached hydrogens (tertiary/aromatic N) is 6. The monoisotopic (exact) mass is 745 g/mol. The topological polar surface area (TPSA) is 171 Å². The van der Waals surface area contributed by atoms with Crippen molar-refractivity contribution in [2.45, 2.75) is 6.61 Å². The van der Waals surface area contributed by atoms with Crippen LogP contribution in [-0.4, -0.2) is 64.6 Å². The van der Waals surface area contributed by atoms with Gasteiger partial charge in [0.2, 0.25) is 17.6 Å². The van der Waals surface area contributed by atoms with E-state index in [1.807, 2.05) is 0 Å². The Morgan fingerprint density at radius 1 is 0.653 bits per heavy atom. The first-order valence-corrected chi connectivity index (χ1v) is 14.9. The minimum absolute atomic E-state index is 0. The first-order chi connectivity index (χ1) is 23.2. The Morgan fingerprint density at radius 2 is 1.08 bits per heavy atom. The van der Waals surface area contributed by atoms with Crippen molar-refractivity contribution in [2.24, 2.45) is 9.98 Å². The molecule has 0 aliphatic carbocycles. The fraction of sp³-hybridized carbons (Fsp3) is 0.0588. The van der Waals surface area contributed by atoms with Gasteiger partial charge in [0.15, 0.2) is 0 Å². The molecule has 5 N–H and O–H groups in total. The second-order valence-corrected chi connectivity index (χ2v) is 10.7. The number of aromatic hydroxyl groups is 4. The molecule has 12 nitrogen and oxygen atoms in total. The number of aliphatic imine (C=N–C) groups is 2. The molecule has 253 valence electrons. The number of hydrogen-bond donors (Lipinski definition) is 5. The van der Waals surface area contributed by atoms with Crippen molar-refractivity contribution >= 4 is 47.0 Å². The number of methoxy groups -OCH3 is 1. The Morgan fingerprint density at radius 3 is 1.53 bits per heavy atom. The molecular formula is C34H28Cl2CoN6O6. The predicted molar refractivity (Wildman–Crippen MR) is 184 cm³/mol. The molecular weight excluding hydrogens is 718 g/mol. The van der Waals surface area contributed by atoms with E-state index in [1.165, 1.54) is 41.0 Å². The van der Waals surface area contributed by atoms with E-state index in [0.29, 0.717) is 38.4 Å². The Hall–Kier alpha value is -5.31. The van der Waals surface area contributed by atoms with E-state index in [2.05, 4.69) is 20.2 Å². The molecule has 0 aliphatic heterocycles. The molecule has 4 aromatic carbocycles. The Bertz CT molecular complexity index is 1930. The van der Waals surface area contributed by atoms with Gasteiger partial charge >= 0.3 is 0 Å². The van der Waals surface area contributed by atoms with E-state index < -0.39 is 0 Å². The van der Waals surface area contributed by atoms with Crippen LogP contribution in [0.2, 0.25) is 10.0 Å². The van der Waals surface area contributed by atoms with E-state index in [9.17, 15) is 25.5 Å². The largest absolute Gasteiger partial charge is 0.506 e. The van der Waals surface area contributed by atoms with Gasteiger partial charge in [0.05, 0.1) is 30.7 Å². The minimum Gasteiger partial charge on any atom is -0.506 e. The molecule has 0 amide bonds. The van der Waals surface area contributed by atoms with Crippen LogP contribution in [0.5, 0.6) is 29.1 Å².